The molecule has 0 fully saturated rings. The van der Waals surface area contributed by atoms with E-state index in [1.54, 1.807) is 0 Å². The Balaban J connectivity index is 1.56. The smallest absolute Gasteiger partial charge is 0.434 e. The Morgan fingerprint density at radius 1 is 1.00 bits per heavy atom. The van der Waals surface area contributed by atoms with Crippen LogP contribution in [0.15, 0.2) is 72.0 Å². The zero-order valence-electron chi connectivity index (χ0n) is 20.0. The number of nitrogens with one attached hydrogen (secondary N) is 1. The van der Waals surface area contributed by atoms with E-state index in [1.165, 1.54) is 41.4 Å². The first-order valence-corrected chi connectivity index (χ1v) is 11.3. The topological polar surface area (TPSA) is 76.1 Å². The van der Waals surface area contributed by atoms with Crippen molar-refractivity contribution in [3.8, 4) is 11.5 Å². The van der Waals surface area contributed by atoms with Crippen LogP contribution in [0.2, 0.25) is 0 Å². The van der Waals surface area contributed by atoms with Gasteiger partial charge in [0.2, 0.25) is 5.91 Å². The van der Waals surface area contributed by atoms with Gasteiger partial charge in [0, 0.05) is 17.4 Å². The van der Waals surface area contributed by atoms with Crippen molar-refractivity contribution in [3.63, 3.8) is 0 Å². The molecule has 1 aromatic heterocycles. The number of ether oxygens (including phenoxy) is 2. The average molecular weight is 574 g/mol. The van der Waals surface area contributed by atoms with Crippen LogP contribution in [-0.2, 0) is 11.0 Å². The molecule has 0 spiro atoms. The fourth-order valence-corrected chi connectivity index (χ4v) is 3.90. The van der Waals surface area contributed by atoms with Crippen molar-refractivity contribution in [2.45, 2.75) is 25.1 Å². The van der Waals surface area contributed by atoms with Crippen molar-refractivity contribution < 1.29 is 49.4 Å². The number of benzene rings is 2. The van der Waals surface area contributed by atoms with Crippen LogP contribution in [0.3, 0.4) is 0 Å². The Morgan fingerprint density at radius 3 is 2.30 bits per heavy atom. The van der Waals surface area contributed by atoms with Gasteiger partial charge in [0.25, 0.3) is 0 Å². The van der Waals surface area contributed by atoms with Crippen molar-refractivity contribution in [1.29, 1.82) is 0 Å². The molecule has 0 radical (unpaired) electrons. The van der Waals surface area contributed by atoms with Crippen LogP contribution in [0.1, 0.15) is 22.7 Å². The average Bonchev–Trinajstić information content (AvgIpc) is 3.27. The molecule has 0 saturated carbocycles. The number of nitrogens with zero attached hydrogens (tertiary/aromatic N) is 3. The molecule has 1 atom stereocenters. The van der Waals surface area contributed by atoms with Crippen LogP contribution in [0.25, 0.3) is 0 Å². The number of aromatic nitrogens is 1. The van der Waals surface area contributed by atoms with Gasteiger partial charge in [-0.15, -0.1) is 13.2 Å². The lowest BCUT2D eigenvalue weighted by molar-refractivity contribution is -0.274. The van der Waals surface area contributed by atoms with E-state index in [4.69, 9.17) is 0 Å². The van der Waals surface area contributed by atoms with Crippen molar-refractivity contribution in [1.82, 2.24) is 9.99 Å². The first-order chi connectivity index (χ1) is 18.8. The normalized spacial score (nSPS) is 15.7. The minimum absolute atomic E-state index is 0.0531. The largest absolute Gasteiger partial charge is 0.573 e. The molecule has 7 nitrogen and oxygen atoms in total. The highest BCUT2D eigenvalue weighted by Crippen LogP contribution is 2.34. The number of rotatable bonds is 8. The van der Waals surface area contributed by atoms with Gasteiger partial charge in [0.05, 0.1) is 29.4 Å². The van der Waals surface area contributed by atoms with Crippen LogP contribution in [0.4, 0.5) is 40.8 Å². The number of alkyl halides is 8. The monoisotopic (exact) mass is 574 g/mol. The van der Waals surface area contributed by atoms with Gasteiger partial charge in [-0.05, 0) is 48.5 Å². The Hall–Kier alpha value is -4.43. The number of anilines is 1. The summed E-state index contributed by atoms with van der Waals surface area (Å²) in [6.45, 7) is -3.61. The fraction of sp³-hybridized carbons (Fsp3) is 0.240. The zero-order valence-corrected chi connectivity index (χ0v) is 20.0. The molecular weight excluding hydrogens is 556 g/mol. The molecule has 1 amide bonds. The molecule has 0 aliphatic carbocycles. The Morgan fingerprint density at radius 2 is 1.70 bits per heavy atom. The molecule has 1 aliphatic heterocycles. The van der Waals surface area contributed by atoms with Gasteiger partial charge in [-0.1, -0.05) is 12.1 Å². The first kappa shape index (κ1) is 28.6. The van der Waals surface area contributed by atoms with E-state index < -0.39 is 42.3 Å². The highest BCUT2D eigenvalue weighted by atomic mass is 19.4. The molecule has 0 bridgehead atoms. The Labute approximate surface area is 221 Å². The lowest BCUT2D eigenvalue weighted by atomic mass is 9.93. The number of hydrazone groups is 1. The van der Waals surface area contributed by atoms with Crippen LogP contribution < -0.4 is 14.8 Å². The fourth-order valence-electron chi connectivity index (χ4n) is 3.90. The van der Waals surface area contributed by atoms with E-state index in [0.29, 0.717) is 6.20 Å². The molecule has 40 heavy (non-hydrogen) atoms. The molecule has 1 N–H and O–H groups in total. The number of pyridine rings is 1. The van der Waals surface area contributed by atoms with Gasteiger partial charge in [-0.25, -0.2) is 0 Å². The quantitative estimate of drug-likeness (QED) is 0.332. The summed E-state index contributed by atoms with van der Waals surface area (Å²) in [4.78, 5) is 16.5. The van der Waals surface area contributed by atoms with E-state index in [2.05, 4.69) is 24.9 Å². The van der Waals surface area contributed by atoms with Gasteiger partial charge in [-0.2, -0.15) is 27.1 Å². The van der Waals surface area contributed by atoms with Crippen molar-refractivity contribution in [3.05, 3.63) is 83.7 Å². The van der Waals surface area contributed by atoms with E-state index in [0.717, 1.165) is 24.3 Å². The minimum atomic E-state index is -4.88. The van der Waals surface area contributed by atoms with Crippen molar-refractivity contribution in [2.24, 2.45) is 5.10 Å². The SMILES string of the molecule is O=C(CN1CC(c2ccc(C(F)(F)F)cn2)C(c2ccccc2OC(F)F)=N1)Nc1ccc(OC(F)(F)F)cc1. The summed E-state index contributed by atoms with van der Waals surface area (Å²) in [5.74, 6) is -2.18. The van der Waals surface area contributed by atoms with E-state index >= 15 is 0 Å². The number of para-hydroxylation sites is 1. The molecular formula is C25H18F8N4O3. The summed E-state index contributed by atoms with van der Waals surface area (Å²) < 4.78 is 110. The predicted molar refractivity (Wildman–Crippen MR) is 125 cm³/mol. The summed E-state index contributed by atoms with van der Waals surface area (Å²) in [6, 6.07) is 12.0. The second-order valence-electron chi connectivity index (χ2n) is 8.35. The minimum Gasteiger partial charge on any atom is -0.434 e. The van der Waals surface area contributed by atoms with Crippen LogP contribution in [0, 0.1) is 0 Å². The standard InChI is InChI=1S/C25H18F8N4O3/c26-23(27)39-20-4-2-1-3-17(20)22-18(19-10-5-14(11-34-19)24(28,29)30)12-37(36-22)13-21(38)35-15-6-8-16(9-7-15)40-25(31,32)33/h1-11,18,23H,12-13H2,(H,35,38). The summed E-state index contributed by atoms with van der Waals surface area (Å²) in [6.07, 6.45) is -8.87. The molecule has 1 aliphatic rings. The molecule has 3 aromatic rings. The highest BCUT2D eigenvalue weighted by Gasteiger charge is 2.35. The third-order valence-corrected chi connectivity index (χ3v) is 5.52. The van der Waals surface area contributed by atoms with E-state index in [-0.39, 0.29) is 41.5 Å². The summed E-state index contributed by atoms with van der Waals surface area (Å²) in [7, 11) is 0. The number of hydrogen-bond acceptors (Lipinski definition) is 6. The molecule has 1 unspecified atom stereocenters. The lowest BCUT2D eigenvalue weighted by Crippen LogP contribution is -2.29. The van der Waals surface area contributed by atoms with Crippen LogP contribution >= 0.6 is 0 Å². The van der Waals surface area contributed by atoms with Gasteiger partial charge < -0.3 is 14.8 Å². The molecule has 4 rings (SSSR count). The second-order valence-corrected chi connectivity index (χ2v) is 8.35. The lowest BCUT2D eigenvalue weighted by Gasteiger charge is -2.17. The maximum atomic E-state index is 13.0. The summed E-state index contributed by atoms with van der Waals surface area (Å²) in [5.41, 5.74) is -0.444. The highest BCUT2D eigenvalue weighted by molar-refractivity contribution is 6.08. The molecule has 2 heterocycles. The third kappa shape index (κ3) is 7.36. The first-order valence-electron chi connectivity index (χ1n) is 11.3. The predicted octanol–water partition coefficient (Wildman–Crippen LogP) is 6.04. The van der Waals surface area contributed by atoms with Gasteiger partial charge in [0.15, 0.2) is 0 Å². The van der Waals surface area contributed by atoms with Crippen LogP contribution in [-0.4, -0.2) is 47.7 Å². The second kappa shape index (κ2) is 11.4. The van der Waals surface area contributed by atoms with Gasteiger partial charge >= 0.3 is 19.2 Å². The number of amides is 1. The third-order valence-electron chi connectivity index (χ3n) is 5.52. The number of carbonyl (C=O) groups is 1. The molecule has 0 saturated heterocycles. The molecule has 212 valence electrons. The van der Waals surface area contributed by atoms with E-state index in [9.17, 15) is 39.9 Å². The number of halogens is 8. The Bertz CT molecular complexity index is 1360. The molecule has 15 heteroatoms. The maximum Gasteiger partial charge on any atom is 0.573 e. The van der Waals surface area contributed by atoms with E-state index in [1.807, 2.05) is 0 Å². The summed E-state index contributed by atoms with van der Waals surface area (Å²) in [5, 5.41) is 8.09. The van der Waals surface area contributed by atoms with Gasteiger partial charge in [-0.3, -0.25) is 14.8 Å². The van der Waals surface area contributed by atoms with Crippen molar-refractivity contribution >= 4 is 17.3 Å². The van der Waals surface area contributed by atoms with Crippen molar-refractivity contribution in [2.75, 3.05) is 18.4 Å². The summed E-state index contributed by atoms with van der Waals surface area (Å²) >= 11 is 0. The van der Waals surface area contributed by atoms with Gasteiger partial charge in [0.1, 0.15) is 18.0 Å². The maximum absolute atomic E-state index is 13.0. The van der Waals surface area contributed by atoms with Crippen LogP contribution in [0.5, 0.6) is 11.5 Å². The number of carbonyl (C=O) groups excluding carboxylic acids is 1. The zero-order chi connectivity index (χ0) is 29.1. The number of hydrogen-bond donors (Lipinski definition) is 1. The Kier molecular flexibility index (Phi) is 8.11. The molecule has 2 aromatic carbocycles.